The van der Waals surface area contributed by atoms with E-state index in [0.29, 0.717) is 37.2 Å². The average molecular weight is 389 g/mol. The maximum absolute atomic E-state index is 11.8. The van der Waals surface area contributed by atoms with Crippen LogP contribution in [-0.4, -0.2) is 36.1 Å². The number of unbranched alkanes of at least 4 members (excludes halogenated alkanes) is 5. The van der Waals surface area contributed by atoms with Crippen molar-refractivity contribution in [3.05, 3.63) is 0 Å². The predicted octanol–water partition coefficient (Wildman–Crippen LogP) is 5.77. The van der Waals surface area contributed by atoms with Gasteiger partial charge in [-0.3, -0.25) is 19.6 Å². The van der Waals surface area contributed by atoms with Gasteiger partial charge in [0.2, 0.25) is 0 Å². The second kappa shape index (κ2) is 10.5. The van der Waals surface area contributed by atoms with Crippen LogP contribution in [0, 0.1) is 10.8 Å². The monoisotopic (exact) mass is 388 g/mol. The van der Waals surface area contributed by atoms with Crippen molar-refractivity contribution in [2.45, 2.75) is 105 Å². The Morgan fingerprint density at radius 3 is 1.32 bits per heavy atom. The van der Waals surface area contributed by atoms with Crippen LogP contribution < -0.4 is 0 Å². The smallest absolute Gasteiger partial charge is 0.139 e. The van der Waals surface area contributed by atoms with Crippen molar-refractivity contribution in [3.63, 3.8) is 0 Å². The summed E-state index contributed by atoms with van der Waals surface area (Å²) < 4.78 is 0. The van der Waals surface area contributed by atoms with Crippen molar-refractivity contribution in [2.75, 3.05) is 13.1 Å². The van der Waals surface area contributed by atoms with E-state index >= 15 is 0 Å². The Hall–Kier alpha value is -1.32. The van der Waals surface area contributed by atoms with Crippen molar-refractivity contribution >= 4 is 23.0 Å². The summed E-state index contributed by atoms with van der Waals surface area (Å²) in [7, 11) is 0. The first-order valence-electron chi connectivity index (χ1n) is 11.2. The van der Waals surface area contributed by atoms with Crippen molar-refractivity contribution in [2.24, 2.45) is 20.8 Å². The number of ketones is 2. The summed E-state index contributed by atoms with van der Waals surface area (Å²) in [5.41, 5.74) is 2.42. The van der Waals surface area contributed by atoms with E-state index in [4.69, 9.17) is 9.98 Å². The number of hydrogen-bond acceptors (Lipinski definition) is 4. The lowest BCUT2D eigenvalue weighted by molar-refractivity contribution is -0.121. The Morgan fingerprint density at radius 2 is 0.964 bits per heavy atom. The van der Waals surface area contributed by atoms with Gasteiger partial charge in [0.25, 0.3) is 0 Å². The first-order chi connectivity index (χ1) is 13.2. The first-order valence-corrected chi connectivity index (χ1v) is 11.2. The summed E-state index contributed by atoms with van der Waals surface area (Å²) >= 11 is 0. The molecule has 2 aliphatic rings. The summed E-state index contributed by atoms with van der Waals surface area (Å²) in [6, 6.07) is 0. The zero-order valence-corrected chi connectivity index (χ0v) is 18.6. The van der Waals surface area contributed by atoms with Gasteiger partial charge in [-0.25, -0.2) is 0 Å². The van der Waals surface area contributed by atoms with Crippen LogP contribution in [0.1, 0.15) is 105 Å². The van der Waals surface area contributed by atoms with E-state index in [0.717, 1.165) is 50.2 Å². The first kappa shape index (κ1) is 23.0. The van der Waals surface area contributed by atoms with Gasteiger partial charge in [-0.1, -0.05) is 53.4 Å². The number of carbonyl (C=O) groups excluding carboxylic acids is 2. The number of carbonyl (C=O) groups is 2. The third kappa shape index (κ3) is 8.79. The largest absolute Gasteiger partial charge is 0.299 e. The minimum atomic E-state index is 0.0954. The van der Waals surface area contributed by atoms with Crippen LogP contribution in [0.3, 0.4) is 0 Å². The van der Waals surface area contributed by atoms with E-state index in [2.05, 4.69) is 27.7 Å². The molecule has 0 aromatic carbocycles. The van der Waals surface area contributed by atoms with Crippen LogP contribution in [0.4, 0.5) is 0 Å². The SMILES string of the molecule is CC1(C)CC(=O)CC(=NCCCCCCCCN=C2CC(=O)CC(C)(C)C2)C1. The molecule has 4 heteroatoms. The Bertz CT molecular complexity index is 560. The topological polar surface area (TPSA) is 58.9 Å². The van der Waals surface area contributed by atoms with Gasteiger partial charge in [0.1, 0.15) is 11.6 Å². The Balaban J connectivity index is 1.51. The van der Waals surface area contributed by atoms with Gasteiger partial charge in [-0.2, -0.15) is 0 Å². The van der Waals surface area contributed by atoms with E-state index in [1.807, 2.05) is 0 Å². The Kier molecular flexibility index (Phi) is 8.57. The van der Waals surface area contributed by atoms with Gasteiger partial charge in [-0.05, 0) is 36.5 Å². The maximum atomic E-state index is 11.8. The summed E-state index contributed by atoms with van der Waals surface area (Å²) in [6.45, 7) is 10.4. The molecular weight excluding hydrogens is 348 g/mol. The number of rotatable bonds is 9. The molecule has 0 N–H and O–H groups in total. The zero-order chi connectivity index (χ0) is 20.6. The van der Waals surface area contributed by atoms with E-state index in [1.54, 1.807) is 0 Å². The highest BCUT2D eigenvalue weighted by atomic mass is 16.1. The van der Waals surface area contributed by atoms with Crippen molar-refractivity contribution in [1.82, 2.24) is 0 Å². The predicted molar refractivity (Wildman–Crippen MR) is 118 cm³/mol. The lowest BCUT2D eigenvalue weighted by Crippen LogP contribution is -2.29. The van der Waals surface area contributed by atoms with Gasteiger partial charge in [0, 0.05) is 50.2 Å². The molecule has 28 heavy (non-hydrogen) atoms. The molecule has 158 valence electrons. The molecule has 0 aromatic heterocycles. The fraction of sp³-hybridized carbons (Fsp3) is 0.833. The molecule has 2 fully saturated rings. The normalized spacial score (nSPS) is 24.9. The summed E-state index contributed by atoms with van der Waals surface area (Å²) in [5.74, 6) is 0.694. The Morgan fingerprint density at radius 1 is 0.607 bits per heavy atom. The number of hydrogen-bond donors (Lipinski definition) is 0. The van der Waals surface area contributed by atoms with Crippen molar-refractivity contribution < 1.29 is 9.59 Å². The third-order valence-electron chi connectivity index (χ3n) is 5.76. The zero-order valence-electron chi connectivity index (χ0n) is 18.6. The van der Waals surface area contributed by atoms with Crippen LogP contribution in [0.25, 0.3) is 0 Å². The van der Waals surface area contributed by atoms with Gasteiger partial charge < -0.3 is 0 Å². The van der Waals surface area contributed by atoms with Crippen LogP contribution in [0.15, 0.2) is 9.98 Å². The van der Waals surface area contributed by atoms with Crippen LogP contribution >= 0.6 is 0 Å². The summed E-state index contributed by atoms with van der Waals surface area (Å²) in [4.78, 5) is 33.0. The number of nitrogens with zero attached hydrogens (tertiary/aromatic N) is 2. The highest BCUT2D eigenvalue weighted by molar-refractivity contribution is 6.05. The number of Topliss-reactive ketones (excluding diaryl/α,β-unsaturated/α-hetero) is 2. The third-order valence-corrected chi connectivity index (χ3v) is 5.76. The fourth-order valence-corrected chi connectivity index (χ4v) is 4.63. The van der Waals surface area contributed by atoms with Crippen LogP contribution in [-0.2, 0) is 9.59 Å². The van der Waals surface area contributed by atoms with Crippen molar-refractivity contribution in [3.8, 4) is 0 Å². The van der Waals surface area contributed by atoms with Gasteiger partial charge >= 0.3 is 0 Å². The molecule has 0 aromatic rings. The second-order valence-electron chi connectivity index (χ2n) is 10.5. The van der Waals surface area contributed by atoms with Gasteiger partial charge in [0.15, 0.2) is 0 Å². The average Bonchev–Trinajstić information content (AvgIpc) is 2.52. The van der Waals surface area contributed by atoms with Crippen LogP contribution in [0.2, 0.25) is 0 Å². The van der Waals surface area contributed by atoms with Gasteiger partial charge in [0.05, 0.1) is 0 Å². The quantitative estimate of drug-likeness (QED) is 0.471. The molecular formula is C24H40N2O2. The molecule has 2 saturated carbocycles. The molecule has 0 radical (unpaired) electrons. The highest BCUT2D eigenvalue weighted by Gasteiger charge is 2.30. The Labute approximate surface area is 171 Å². The van der Waals surface area contributed by atoms with Crippen molar-refractivity contribution in [1.29, 1.82) is 0 Å². The molecule has 0 spiro atoms. The molecule has 0 atom stereocenters. The van der Waals surface area contributed by atoms with E-state index in [9.17, 15) is 9.59 Å². The molecule has 2 rings (SSSR count). The molecule has 0 aliphatic heterocycles. The van der Waals surface area contributed by atoms with E-state index in [1.165, 1.54) is 25.7 Å². The minimum Gasteiger partial charge on any atom is -0.299 e. The molecule has 0 amide bonds. The maximum Gasteiger partial charge on any atom is 0.139 e. The molecule has 0 unspecified atom stereocenters. The lowest BCUT2D eigenvalue weighted by atomic mass is 9.76. The van der Waals surface area contributed by atoms with Crippen LogP contribution in [0.5, 0.6) is 0 Å². The lowest BCUT2D eigenvalue weighted by Gasteiger charge is -2.29. The van der Waals surface area contributed by atoms with E-state index in [-0.39, 0.29) is 10.8 Å². The van der Waals surface area contributed by atoms with E-state index < -0.39 is 0 Å². The highest BCUT2D eigenvalue weighted by Crippen LogP contribution is 2.32. The summed E-state index contributed by atoms with van der Waals surface area (Å²) in [6.07, 6.45) is 11.7. The number of aliphatic imine (C=N–C) groups is 2. The second-order valence-corrected chi connectivity index (χ2v) is 10.5. The minimum absolute atomic E-state index is 0.0954. The van der Waals surface area contributed by atoms with Gasteiger partial charge in [-0.15, -0.1) is 0 Å². The molecule has 0 bridgehead atoms. The molecule has 0 saturated heterocycles. The molecule has 0 heterocycles. The summed E-state index contributed by atoms with van der Waals surface area (Å²) in [5, 5.41) is 0. The molecule has 2 aliphatic carbocycles. The fourth-order valence-electron chi connectivity index (χ4n) is 4.63. The standard InChI is InChI=1S/C24H40N2O2/c1-23(2)15-19(13-21(27)17-23)25-11-9-7-5-6-8-10-12-26-20-14-22(28)18-24(3,4)16-20/h5-18H2,1-4H3. The molecule has 4 nitrogen and oxygen atoms in total.